The van der Waals surface area contributed by atoms with Crippen LogP contribution in [0.15, 0.2) is 60.7 Å². The van der Waals surface area contributed by atoms with Gasteiger partial charge in [0.1, 0.15) is 22.8 Å². The number of hydrogen-bond acceptors (Lipinski definition) is 5. The molecule has 0 aliphatic carbocycles. The van der Waals surface area contributed by atoms with E-state index in [1.807, 2.05) is 81.4 Å². The van der Waals surface area contributed by atoms with Crippen molar-refractivity contribution in [3.8, 4) is 22.8 Å². The number of carbonyl (C=O) groups excluding carboxylic acids is 2. The van der Waals surface area contributed by atoms with Gasteiger partial charge in [0.2, 0.25) is 0 Å². The third-order valence-corrected chi connectivity index (χ3v) is 5.62. The first-order chi connectivity index (χ1) is 16.2. The van der Waals surface area contributed by atoms with Crippen molar-refractivity contribution in [3.63, 3.8) is 0 Å². The summed E-state index contributed by atoms with van der Waals surface area (Å²) in [4.78, 5) is 26.7. The number of ether oxygens (including phenoxy) is 2. The van der Waals surface area contributed by atoms with Crippen LogP contribution in [0.4, 0.5) is 4.79 Å². The van der Waals surface area contributed by atoms with Crippen molar-refractivity contribution < 1.29 is 19.1 Å². The molecule has 1 amide bonds. The molecule has 34 heavy (non-hydrogen) atoms. The van der Waals surface area contributed by atoms with Crippen molar-refractivity contribution in [3.05, 3.63) is 66.4 Å². The van der Waals surface area contributed by atoms with Crippen molar-refractivity contribution in [1.82, 2.24) is 14.7 Å². The number of hydrogen-bond donors (Lipinski definition) is 0. The molecule has 1 atom stereocenters. The lowest BCUT2D eigenvalue weighted by atomic mass is 10.1. The smallest absolute Gasteiger partial charge is 0.410 e. The van der Waals surface area contributed by atoms with Crippen LogP contribution in [0.1, 0.15) is 57.1 Å². The molecule has 1 aromatic heterocycles. The summed E-state index contributed by atoms with van der Waals surface area (Å²) >= 11 is 0. The highest BCUT2D eigenvalue weighted by atomic mass is 16.6. The van der Waals surface area contributed by atoms with Gasteiger partial charge in [0.25, 0.3) is 0 Å². The lowest BCUT2D eigenvalue weighted by Gasteiger charge is -2.34. The van der Waals surface area contributed by atoms with Crippen LogP contribution in [0.3, 0.4) is 0 Å². The number of para-hydroxylation sites is 1. The van der Waals surface area contributed by atoms with E-state index in [2.05, 4.69) is 0 Å². The standard InChI is InChI=1S/C27H31N3O4/c1-19(31)25-17-24(20-12-14-23(15-13-20)33-22-10-6-5-7-11-22)28-30(25)21-9-8-16-29(18-21)26(32)34-27(2,3)4/h5-7,10-15,17,21H,8-9,16,18H2,1-4H3. The fourth-order valence-electron chi connectivity index (χ4n) is 4.04. The minimum atomic E-state index is -0.552. The predicted octanol–water partition coefficient (Wildman–Crippen LogP) is 6.12. The van der Waals surface area contributed by atoms with Crippen LogP contribution in [0.2, 0.25) is 0 Å². The Kier molecular flexibility index (Phi) is 6.72. The topological polar surface area (TPSA) is 73.7 Å². The second-order valence-electron chi connectivity index (χ2n) is 9.58. The molecule has 4 rings (SSSR count). The van der Waals surface area contributed by atoms with E-state index >= 15 is 0 Å². The lowest BCUT2D eigenvalue weighted by molar-refractivity contribution is 0.0167. The summed E-state index contributed by atoms with van der Waals surface area (Å²) in [6, 6.07) is 19.0. The van der Waals surface area contributed by atoms with Gasteiger partial charge >= 0.3 is 6.09 Å². The molecule has 1 aliphatic rings. The van der Waals surface area contributed by atoms with Crippen LogP contribution >= 0.6 is 0 Å². The van der Waals surface area contributed by atoms with Crippen molar-refractivity contribution in [2.24, 2.45) is 0 Å². The zero-order valence-electron chi connectivity index (χ0n) is 20.2. The van der Waals surface area contributed by atoms with Crippen molar-refractivity contribution in [1.29, 1.82) is 0 Å². The molecular weight excluding hydrogens is 430 g/mol. The molecule has 7 nitrogen and oxygen atoms in total. The third-order valence-electron chi connectivity index (χ3n) is 5.62. The Morgan fingerprint density at radius 2 is 1.68 bits per heavy atom. The van der Waals surface area contributed by atoms with Crippen molar-refractivity contribution in [2.45, 2.75) is 52.2 Å². The van der Waals surface area contributed by atoms with Gasteiger partial charge in [0, 0.05) is 25.6 Å². The molecule has 0 spiro atoms. The van der Waals surface area contributed by atoms with E-state index in [1.54, 1.807) is 16.5 Å². The minimum absolute atomic E-state index is 0.0582. The second-order valence-corrected chi connectivity index (χ2v) is 9.58. The van der Waals surface area contributed by atoms with E-state index < -0.39 is 5.60 Å². The molecular formula is C27H31N3O4. The Bertz CT molecular complexity index is 1150. The first kappa shape index (κ1) is 23.5. The summed E-state index contributed by atoms with van der Waals surface area (Å²) in [5.74, 6) is 1.43. The van der Waals surface area contributed by atoms with Crippen molar-refractivity contribution >= 4 is 11.9 Å². The molecule has 7 heteroatoms. The minimum Gasteiger partial charge on any atom is -0.457 e. The molecule has 0 radical (unpaired) electrons. The van der Waals surface area contributed by atoms with Crippen LogP contribution in [-0.4, -0.2) is 45.2 Å². The molecule has 1 unspecified atom stereocenters. The second kappa shape index (κ2) is 9.71. The molecule has 178 valence electrons. The molecule has 1 fully saturated rings. The number of rotatable bonds is 5. The van der Waals surface area contributed by atoms with Crippen LogP contribution in [-0.2, 0) is 4.74 Å². The monoisotopic (exact) mass is 461 g/mol. The van der Waals surface area contributed by atoms with E-state index in [-0.39, 0.29) is 17.9 Å². The largest absolute Gasteiger partial charge is 0.457 e. The maximum Gasteiger partial charge on any atom is 0.410 e. The predicted molar refractivity (Wildman–Crippen MR) is 130 cm³/mol. The number of ketones is 1. The van der Waals surface area contributed by atoms with Gasteiger partial charge in [-0.1, -0.05) is 18.2 Å². The number of carbonyl (C=O) groups is 2. The Morgan fingerprint density at radius 1 is 1.00 bits per heavy atom. The number of nitrogens with zero attached hydrogens (tertiary/aromatic N) is 3. The van der Waals surface area contributed by atoms with Gasteiger partial charge < -0.3 is 14.4 Å². The van der Waals surface area contributed by atoms with E-state index in [4.69, 9.17) is 14.6 Å². The number of aromatic nitrogens is 2. The SMILES string of the molecule is CC(=O)c1cc(-c2ccc(Oc3ccccc3)cc2)nn1C1CCCN(C(=O)OC(C)(C)C)C1. The Morgan fingerprint density at radius 3 is 2.32 bits per heavy atom. The van der Waals surface area contributed by atoms with Crippen LogP contribution in [0.25, 0.3) is 11.3 Å². The van der Waals surface area contributed by atoms with Gasteiger partial charge in [0.15, 0.2) is 5.78 Å². The highest BCUT2D eigenvalue weighted by molar-refractivity contribution is 5.93. The summed E-state index contributed by atoms with van der Waals surface area (Å²) < 4.78 is 13.2. The van der Waals surface area contributed by atoms with E-state index in [0.29, 0.717) is 24.5 Å². The quantitative estimate of drug-likeness (QED) is 0.428. The summed E-state index contributed by atoms with van der Waals surface area (Å²) in [5, 5.41) is 4.78. The summed E-state index contributed by atoms with van der Waals surface area (Å²) in [6.07, 6.45) is 1.33. The summed E-state index contributed by atoms with van der Waals surface area (Å²) in [7, 11) is 0. The van der Waals surface area contributed by atoms with E-state index in [0.717, 1.165) is 29.9 Å². The Hall–Kier alpha value is -3.61. The average molecular weight is 462 g/mol. The fourth-order valence-corrected chi connectivity index (χ4v) is 4.04. The lowest BCUT2D eigenvalue weighted by Crippen LogP contribution is -2.43. The molecule has 0 bridgehead atoms. The van der Waals surface area contributed by atoms with Gasteiger partial charge in [0.05, 0.1) is 11.7 Å². The molecule has 2 aromatic carbocycles. The highest BCUT2D eigenvalue weighted by Crippen LogP contribution is 2.29. The summed E-state index contributed by atoms with van der Waals surface area (Å²) in [6.45, 7) is 8.21. The third kappa shape index (κ3) is 5.65. The van der Waals surface area contributed by atoms with Crippen molar-refractivity contribution in [2.75, 3.05) is 13.1 Å². The van der Waals surface area contributed by atoms with Gasteiger partial charge in [-0.05, 0) is 76.1 Å². The molecule has 0 N–H and O–H groups in total. The van der Waals surface area contributed by atoms with Crippen LogP contribution in [0, 0.1) is 0 Å². The number of piperidine rings is 1. The van der Waals surface area contributed by atoms with E-state index in [9.17, 15) is 9.59 Å². The van der Waals surface area contributed by atoms with Gasteiger partial charge in [-0.2, -0.15) is 5.10 Å². The van der Waals surface area contributed by atoms with E-state index in [1.165, 1.54) is 0 Å². The molecule has 1 saturated heterocycles. The van der Waals surface area contributed by atoms with Gasteiger partial charge in [-0.3, -0.25) is 9.48 Å². The van der Waals surface area contributed by atoms with Gasteiger partial charge in [-0.15, -0.1) is 0 Å². The fraction of sp³-hybridized carbons (Fsp3) is 0.370. The maximum atomic E-state index is 12.6. The maximum absolute atomic E-state index is 12.6. The highest BCUT2D eigenvalue weighted by Gasteiger charge is 2.30. The number of likely N-dealkylation sites (tertiary alicyclic amines) is 1. The molecule has 3 aromatic rings. The number of amides is 1. The zero-order valence-corrected chi connectivity index (χ0v) is 20.2. The Labute approximate surface area is 200 Å². The molecule has 2 heterocycles. The number of Topliss-reactive ketones (excluding diaryl/α,β-unsaturated/α-hetero) is 1. The molecule has 0 saturated carbocycles. The van der Waals surface area contributed by atoms with Crippen LogP contribution in [0.5, 0.6) is 11.5 Å². The first-order valence-electron chi connectivity index (χ1n) is 11.6. The molecule has 1 aliphatic heterocycles. The first-order valence-corrected chi connectivity index (χ1v) is 11.6. The normalized spacial score (nSPS) is 16.2. The van der Waals surface area contributed by atoms with Gasteiger partial charge in [-0.25, -0.2) is 4.79 Å². The zero-order chi connectivity index (χ0) is 24.3. The Balaban J connectivity index is 1.54. The van der Waals surface area contributed by atoms with Crippen LogP contribution < -0.4 is 4.74 Å². The average Bonchev–Trinajstić information content (AvgIpc) is 3.25. The number of benzene rings is 2. The summed E-state index contributed by atoms with van der Waals surface area (Å²) in [5.41, 5.74) is 1.59.